The normalized spacial score (nSPS) is 15.0. The second kappa shape index (κ2) is 12.0. The molecule has 0 aromatic heterocycles. The lowest BCUT2D eigenvalue weighted by Gasteiger charge is -2.21. The van der Waals surface area contributed by atoms with Gasteiger partial charge in [-0.05, 0) is 45.7 Å². The van der Waals surface area contributed by atoms with E-state index in [-0.39, 0.29) is 0 Å². The summed E-state index contributed by atoms with van der Waals surface area (Å²) < 4.78 is 0. The van der Waals surface area contributed by atoms with Crippen molar-refractivity contribution in [2.24, 2.45) is 5.92 Å². The number of hydrogen-bond donors (Lipinski definition) is 2. The molecule has 0 saturated heterocycles. The predicted molar refractivity (Wildman–Crippen MR) is 83.1 cm³/mol. The summed E-state index contributed by atoms with van der Waals surface area (Å²) in [4.78, 5) is 0. The van der Waals surface area contributed by atoms with E-state index in [0.717, 1.165) is 19.0 Å². The average Bonchev–Trinajstić information content (AvgIpc) is 2.35. The minimum absolute atomic E-state index is 0.632. The van der Waals surface area contributed by atoms with Crippen molar-refractivity contribution < 1.29 is 0 Å². The van der Waals surface area contributed by atoms with Gasteiger partial charge in [0.05, 0.1) is 0 Å². The average molecular weight is 256 g/mol. The molecule has 0 aliphatic carbocycles. The van der Waals surface area contributed by atoms with Crippen molar-refractivity contribution in [2.75, 3.05) is 13.1 Å². The van der Waals surface area contributed by atoms with Crippen LogP contribution in [0.25, 0.3) is 0 Å². The molecule has 0 aliphatic heterocycles. The second-order valence-corrected chi connectivity index (χ2v) is 5.72. The van der Waals surface area contributed by atoms with Crippen LogP contribution in [0.2, 0.25) is 0 Å². The SMILES string of the molecule is CCNCCC(C)NC(C)CCCC(CC)CC. The van der Waals surface area contributed by atoms with E-state index in [2.05, 4.69) is 45.3 Å². The Balaban J connectivity index is 3.54. The van der Waals surface area contributed by atoms with Gasteiger partial charge in [0.15, 0.2) is 0 Å². The molecule has 0 radical (unpaired) electrons. The summed E-state index contributed by atoms with van der Waals surface area (Å²) in [6, 6.07) is 1.29. The third-order valence-electron chi connectivity index (χ3n) is 3.98. The fourth-order valence-electron chi connectivity index (χ4n) is 2.56. The maximum atomic E-state index is 3.71. The van der Waals surface area contributed by atoms with E-state index < -0.39 is 0 Å². The van der Waals surface area contributed by atoms with E-state index in [1.165, 1.54) is 38.5 Å². The van der Waals surface area contributed by atoms with Crippen LogP contribution >= 0.6 is 0 Å². The van der Waals surface area contributed by atoms with Gasteiger partial charge in [-0.3, -0.25) is 0 Å². The van der Waals surface area contributed by atoms with E-state index >= 15 is 0 Å². The summed E-state index contributed by atoms with van der Waals surface area (Å²) >= 11 is 0. The van der Waals surface area contributed by atoms with Gasteiger partial charge < -0.3 is 10.6 Å². The topological polar surface area (TPSA) is 24.1 Å². The van der Waals surface area contributed by atoms with Gasteiger partial charge in [-0.2, -0.15) is 0 Å². The van der Waals surface area contributed by atoms with E-state index in [1.54, 1.807) is 0 Å². The monoisotopic (exact) mass is 256 g/mol. The summed E-state index contributed by atoms with van der Waals surface area (Å²) in [5.74, 6) is 0.948. The van der Waals surface area contributed by atoms with Crippen molar-refractivity contribution in [1.82, 2.24) is 10.6 Å². The minimum atomic E-state index is 0.632. The molecule has 110 valence electrons. The van der Waals surface area contributed by atoms with Gasteiger partial charge in [0.2, 0.25) is 0 Å². The third kappa shape index (κ3) is 9.90. The van der Waals surface area contributed by atoms with E-state index in [9.17, 15) is 0 Å². The van der Waals surface area contributed by atoms with Crippen molar-refractivity contribution >= 4 is 0 Å². The highest BCUT2D eigenvalue weighted by Gasteiger charge is 2.08. The smallest absolute Gasteiger partial charge is 0.00532 e. The van der Waals surface area contributed by atoms with Crippen LogP contribution in [0.3, 0.4) is 0 Å². The Hall–Kier alpha value is -0.0800. The van der Waals surface area contributed by atoms with E-state index in [0.29, 0.717) is 12.1 Å². The molecule has 0 heterocycles. The Morgan fingerprint density at radius 2 is 1.44 bits per heavy atom. The summed E-state index contributed by atoms with van der Waals surface area (Å²) in [5.41, 5.74) is 0. The van der Waals surface area contributed by atoms with Gasteiger partial charge in [0.25, 0.3) is 0 Å². The molecule has 0 bridgehead atoms. The zero-order valence-electron chi connectivity index (χ0n) is 13.4. The Kier molecular flexibility index (Phi) is 11.9. The molecule has 0 spiro atoms. The van der Waals surface area contributed by atoms with E-state index in [1.807, 2.05) is 0 Å². The quantitative estimate of drug-likeness (QED) is 0.517. The second-order valence-electron chi connectivity index (χ2n) is 5.72. The van der Waals surface area contributed by atoms with Gasteiger partial charge in [0.1, 0.15) is 0 Å². The van der Waals surface area contributed by atoms with Gasteiger partial charge in [-0.15, -0.1) is 0 Å². The lowest BCUT2D eigenvalue weighted by Crippen LogP contribution is -2.36. The van der Waals surface area contributed by atoms with Crippen LogP contribution in [0.4, 0.5) is 0 Å². The van der Waals surface area contributed by atoms with Crippen LogP contribution in [0, 0.1) is 5.92 Å². The highest BCUT2D eigenvalue weighted by Crippen LogP contribution is 2.16. The summed E-state index contributed by atoms with van der Waals surface area (Å²) in [6.07, 6.45) is 8.02. The molecule has 2 unspecified atom stereocenters. The summed E-state index contributed by atoms with van der Waals surface area (Å²) in [5, 5.41) is 7.09. The van der Waals surface area contributed by atoms with Gasteiger partial charge in [0, 0.05) is 12.1 Å². The largest absolute Gasteiger partial charge is 0.317 e. The summed E-state index contributed by atoms with van der Waals surface area (Å²) in [7, 11) is 0. The number of rotatable bonds is 12. The standard InChI is InChI=1S/C16H36N2/c1-6-16(7-2)11-9-10-14(4)18-15(5)12-13-17-8-3/h14-18H,6-13H2,1-5H3. The van der Waals surface area contributed by atoms with Gasteiger partial charge in [-0.25, -0.2) is 0 Å². The Labute approximate surface area is 115 Å². The van der Waals surface area contributed by atoms with Crippen molar-refractivity contribution in [1.29, 1.82) is 0 Å². The first kappa shape index (κ1) is 17.9. The Morgan fingerprint density at radius 3 is 2.00 bits per heavy atom. The predicted octanol–water partition coefficient (Wildman–Crippen LogP) is 3.96. The molecule has 0 amide bonds. The van der Waals surface area contributed by atoms with Crippen LogP contribution in [-0.2, 0) is 0 Å². The summed E-state index contributed by atoms with van der Waals surface area (Å²) in [6.45, 7) is 13.6. The number of nitrogens with one attached hydrogen (secondary N) is 2. The van der Waals surface area contributed by atoms with Crippen LogP contribution in [0.15, 0.2) is 0 Å². The molecule has 0 aliphatic rings. The first-order valence-corrected chi connectivity index (χ1v) is 8.10. The first-order chi connectivity index (χ1) is 8.63. The maximum Gasteiger partial charge on any atom is 0.00532 e. The molecule has 0 aromatic rings. The Bertz CT molecular complexity index is 166. The first-order valence-electron chi connectivity index (χ1n) is 8.10. The van der Waals surface area contributed by atoms with Gasteiger partial charge >= 0.3 is 0 Å². The molecule has 2 nitrogen and oxygen atoms in total. The maximum absolute atomic E-state index is 3.71. The van der Waals surface area contributed by atoms with Crippen molar-refractivity contribution in [3.05, 3.63) is 0 Å². The van der Waals surface area contributed by atoms with Gasteiger partial charge in [-0.1, -0.05) is 46.5 Å². The van der Waals surface area contributed by atoms with Crippen LogP contribution < -0.4 is 10.6 Å². The molecule has 0 rings (SSSR count). The highest BCUT2D eigenvalue weighted by molar-refractivity contribution is 4.69. The third-order valence-corrected chi connectivity index (χ3v) is 3.98. The zero-order valence-corrected chi connectivity index (χ0v) is 13.4. The molecule has 0 fully saturated rings. The van der Waals surface area contributed by atoms with Crippen LogP contribution in [-0.4, -0.2) is 25.2 Å². The Morgan fingerprint density at radius 1 is 0.833 bits per heavy atom. The molecule has 0 aromatic carbocycles. The van der Waals surface area contributed by atoms with Crippen LogP contribution in [0.5, 0.6) is 0 Å². The fraction of sp³-hybridized carbons (Fsp3) is 1.00. The number of hydrogen-bond acceptors (Lipinski definition) is 2. The lowest BCUT2D eigenvalue weighted by molar-refractivity contribution is 0.380. The lowest BCUT2D eigenvalue weighted by atomic mass is 9.95. The zero-order chi connectivity index (χ0) is 13.8. The molecular formula is C16H36N2. The van der Waals surface area contributed by atoms with E-state index in [4.69, 9.17) is 0 Å². The molecule has 2 atom stereocenters. The van der Waals surface area contributed by atoms with Crippen molar-refractivity contribution in [3.8, 4) is 0 Å². The van der Waals surface area contributed by atoms with Crippen molar-refractivity contribution in [2.45, 2.75) is 85.2 Å². The van der Waals surface area contributed by atoms with Crippen molar-refractivity contribution in [3.63, 3.8) is 0 Å². The molecule has 18 heavy (non-hydrogen) atoms. The molecule has 0 saturated carbocycles. The molecular weight excluding hydrogens is 220 g/mol. The minimum Gasteiger partial charge on any atom is -0.317 e. The van der Waals surface area contributed by atoms with Crippen LogP contribution in [0.1, 0.15) is 73.1 Å². The fourth-order valence-corrected chi connectivity index (χ4v) is 2.56. The molecule has 2 N–H and O–H groups in total. The molecule has 2 heteroatoms. The highest BCUT2D eigenvalue weighted by atomic mass is 14.9.